The molecule has 0 heterocycles. The summed E-state index contributed by atoms with van der Waals surface area (Å²) in [6.07, 6.45) is -10.6. The second kappa shape index (κ2) is 5.78. The van der Waals surface area contributed by atoms with Crippen LogP contribution in [0.3, 0.4) is 0 Å². The van der Waals surface area contributed by atoms with Crippen molar-refractivity contribution in [3.8, 4) is 0 Å². The third-order valence-electron chi connectivity index (χ3n) is 2.00. The van der Waals surface area contributed by atoms with Crippen LogP contribution in [0.25, 0.3) is 0 Å². The van der Waals surface area contributed by atoms with Crippen LogP contribution >= 0.6 is 0 Å². The summed E-state index contributed by atoms with van der Waals surface area (Å²) in [6, 6.07) is 0. The van der Waals surface area contributed by atoms with Crippen molar-refractivity contribution >= 4 is 11.9 Å². The first kappa shape index (κ1) is 16.3. The lowest BCUT2D eigenvalue weighted by Gasteiger charge is -2.32. The smallest absolute Gasteiger partial charge is 0.434 e. The van der Waals surface area contributed by atoms with E-state index < -0.39 is 36.6 Å². The first-order chi connectivity index (χ1) is 8.06. The molecular weight excluding hydrogens is 267 g/mol. The summed E-state index contributed by atoms with van der Waals surface area (Å²) in [4.78, 5) is 20.7. The van der Waals surface area contributed by atoms with Gasteiger partial charge in [0.1, 0.15) is 0 Å². The molecule has 0 fully saturated rings. The largest absolute Gasteiger partial charge is 0.545 e. The third-order valence-corrected chi connectivity index (χ3v) is 2.00. The van der Waals surface area contributed by atoms with Crippen LogP contribution < -0.4 is 5.11 Å². The molecule has 0 spiro atoms. The number of alkyl halides is 5. The number of hydrogen-bond donors (Lipinski definition) is 0. The standard InChI is InChI=1S/C9H9F5O4/c1-2-8(7(10)11,9(12,13)14)18-6(17)4-3-5(15)16/h3-4,7H,2H2,1H3,(H,15,16)/p-1. The van der Waals surface area contributed by atoms with Crippen molar-refractivity contribution in [2.24, 2.45) is 0 Å². The van der Waals surface area contributed by atoms with Gasteiger partial charge in [-0.2, -0.15) is 13.2 Å². The number of carboxylic acid groups (broad SMARTS) is 1. The number of rotatable bonds is 5. The highest BCUT2D eigenvalue weighted by molar-refractivity contribution is 5.90. The molecule has 0 aliphatic carbocycles. The number of esters is 1. The van der Waals surface area contributed by atoms with Crippen LogP contribution in [0.4, 0.5) is 22.0 Å². The molecule has 0 aliphatic rings. The predicted octanol–water partition coefficient (Wildman–Crippen LogP) is 0.812. The van der Waals surface area contributed by atoms with Crippen LogP contribution in [0.2, 0.25) is 0 Å². The van der Waals surface area contributed by atoms with Crippen LogP contribution in [0, 0.1) is 0 Å². The molecule has 0 aliphatic heterocycles. The van der Waals surface area contributed by atoms with E-state index in [4.69, 9.17) is 0 Å². The highest BCUT2D eigenvalue weighted by Gasteiger charge is 2.63. The predicted molar refractivity (Wildman–Crippen MR) is 45.3 cm³/mol. The summed E-state index contributed by atoms with van der Waals surface area (Å²) in [5, 5.41) is 9.89. The molecule has 0 amide bonds. The summed E-state index contributed by atoms with van der Waals surface area (Å²) in [6.45, 7) is 0.759. The third kappa shape index (κ3) is 3.67. The minimum atomic E-state index is -5.49. The topological polar surface area (TPSA) is 66.4 Å². The highest BCUT2D eigenvalue weighted by Crippen LogP contribution is 2.41. The van der Waals surface area contributed by atoms with Crippen LogP contribution in [0.1, 0.15) is 13.3 Å². The van der Waals surface area contributed by atoms with Crippen molar-refractivity contribution in [2.75, 3.05) is 0 Å². The molecule has 1 unspecified atom stereocenters. The molecule has 0 saturated heterocycles. The van der Waals surface area contributed by atoms with Crippen molar-refractivity contribution in [1.29, 1.82) is 0 Å². The fourth-order valence-electron chi connectivity index (χ4n) is 1.00. The van der Waals surface area contributed by atoms with Crippen LogP contribution in [0.5, 0.6) is 0 Å². The second-order valence-electron chi connectivity index (χ2n) is 3.11. The number of ether oxygens (including phenoxy) is 1. The Bertz CT molecular complexity index is 349. The molecule has 0 aromatic rings. The monoisotopic (exact) mass is 275 g/mol. The Labute approximate surface area is 98.0 Å². The average molecular weight is 275 g/mol. The van der Waals surface area contributed by atoms with E-state index in [1.54, 1.807) is 0 Å². The van der Waals surface area contributed by atoms with Gasteiger partial charge >= 0.3 is 12.1 Å². The SMILES string of the molecule is CCC(OC(=O)C=CC(=O)[O-])(C(F)F)C(F)(F)F. The zero-order valence-electron chi connectivity index (χ0n) is 8.96. The summed E-state index contributed by atoms with van der Waals surface area (Å²) in [7, 11) is 0. The molecule has 0 radical (unpaired) electrons. The molecule has 0 aromatic carbocycles. The molecule has 0 bridgehead atoms. The van der Waals surface area contributed by atoms with E-state index in [-0.39, 0.29) is 12.2 Å². The summed E-state index contributed by atoms with van der Waals surface area (Å²) >= 11 is 0. The molecule has 104 valence electrons. The number of aliphatic carboxylic acids is 1. The van der Waals surface area contributed by atoms with Crippen molar-refractivity contribution in [3.63, 3.8) is 0 Å². The van der Waals surface area contributed by atoms with E-state index in [0.717, 1.165) is 6.92 Å². The van der Waals surface area contributed by atoms with Crippen molar-refractivity contribution in [2.45, 2.75) is 31.5 Å². The molecule has 0 saturated carbocycles. The Morgan fingerprint density at radius 1 is 1.28 bits per heavy atom. The quantitative estimate of drug-likeness (QED) is 0.423. The number of carbonyl (C=O) groups is 2. The van der Waals surface area contributed by atoms with Crippen LogP contribution in [0.15, 0.2) is 12.2 Å². The Morgan fingerprint density at radius 3 is 2.06 bits per heavy atom. The van der Waals surface area contributed by atoms with Gasteiger partial charge in [0.2, 0.25) is 0 Å². The van der Waals surface area contributed by atoms with Gasteiger partial charge in [0.15, 0.2) is 0 Å². The van der Waals surface area contributed by atoms with Gasteiger partial charge in [0.25, 0.3) is 12.0 Å². The number of hydrogen-bond acceptors (Lipinski definition) is 4. The summed E-state index contributed by atoms with van der Waals surface area (Å²) in [5.74, 6) is -3.73. The fraction of sp³-hybridized carbons (Fsp3) is 0.556. The van der Waals surface area contributed by atoms with E-state index in [0.29, 0.717) is 0 Å². The lowest BCUT2D eigenvalue weighted by Crippen LogP contribution is -2.54. The molecule has 1 atom stereocenters. The van der Waals surface area contributed by atoms with E-state index in [2.05, 4.69) is 4.74 Å². The first-order valence-electron chi connectivity index (χ1n) is 4.53. The minimum absolute atomic E-state index is 0.0634. The Hall–Kier alpha value is -1.67. The minimum Gasteiger partial charge on any atom is -0.545 e. The highest BCUT2D eigenvalue weighted by atomic mass is 19.4. The lowest BCUT2D eigenvalue weighted by atomic mass is 10.0. The van der Waals surface area contributed by atoms with E-state index in [1.165, 1.54) is 0 Å². The maximum absolute atomic E-state index is 12.5. The van der Waals surface area contributed by atoms with E-state index in [9.17, 15) is 36.6 Å². The maximum Gasteiger partial charge on any atom is 0.434 e. The first-order valence-corrected chi connectivity index (χ1v) is 4.53. The summed E-state index contributed by atoms with van der Waals surface area (Å²) < 4.78 is 66.0. The van der Waals surface area contributed by atoms with Gasteiger partial charge in [-0.3, -0.25) is 0 Å². The van der Waals surface area contributed by atoms with Gasteiger partial charge in [-0.15, -0.1) is 0 Å². The normalized spacial score (nSPS) is 15.7. The number of carbonyl (C=O) groups excluding carboxylic acids is 2. The van der Waals surface area contributed by atoms with Crippen LogP contribution in [-0.2, 0) is 14.3 Å². The Kier molecular flexibility index (Phi) is 5.25. The van der Waals surface area contributed by atoms with Gasteiger partial charge in [-0.25, -0.2) is 13.6 Å². The van der Waals surface area contributed by atoms with Gasteiger partial charge in [-0.05, 0) is 12.5 Å². The molecule has 0 rings (SSSR count). The molecule has 9 heteroatoms. The van der Waals surface area contributed by atoms with Crippen molar-refractivity contribution in [1.82, 2.24) is 0 Å². The zero-order chi connectivity index (χ0) is 14.6. The van der Waals surface area contributed by atoms with Crippen molar-refractivity contribution < 1.29 is 41.4 Å². The van der Waals surface area contributed by atoms with Crippen LogP contribution in [-0.4, -0.2) is 30.1 Å². The van der Waals surface area contributed by atoms with Gasteiger partial charge < -0.3 is 14.6 Å². The maximum atomic E-state index is 12.5. The molecule has 4 nitrogen and oxygen atoms in total. The van der Waals surface area contributed by atoms with E-state index in [1.807, 2.05) is 0 Å². The summed E-state index contributed by atoms with van der Waals surface area (Å²) in [5.41, 5.74) is -3.96. The molecule has 0 N–H and O–H groups in total. The fourth-order valence-corrected chi connectivity index (χ4v) is 1.00. The Morgan fingerprint density at radius 2 is 1.78 bits per heavy atom. The lowest BCUT2D eigenvalue weighted by molar-refractivity contribution is -0.303. The molecular formula is C9H8F5O4-. The number of halogens is 5. The van der Waals surface area contributed by atoms with Gasteiger partial charge in [0.05, 0.1) is 5.97 Å². The number of carboxylic acids is 1. The second-order valence-corrected chi connectivity index (χ2v) is 3.11. The molecule has 0 aromatic heterocycles. The van der Waals surface area contributed by atoms with Gasteiger partial charge in [0, 0.05) is 6.08 Å². The Balaban J connectivity index is 5.15. The van der Waals surface area contributed by atoms with Crippen molar-refractivity contribution in [3.05, 3.63) is 12.2 Å². The zero-order valence-corrected chi connectivity index (χ0v) is 8.96. The average Bonchev–Trinajstić information content (AvgIpc) is 2.20. The van der Waals surface area contributed by atoms with E-state index >= 15 is 0 Å². The van der Waals surface area contributed by atoms with Gasteiger partial charge in [-0.1, -0.05) is 6.92 Å². The molecule has 18 heavy (non-hydrogen) atoms.